The molecule has 1 aromatic heterocycles. The van der Waals surface area contributed by atoms with Crippen molar-refractivity contribution in [1.82, 2.24) is 15.0 Å². The Morgan fingerprint density at radius 1 is 1.47 bits per heavy atom. The summed E-state index contributed by atoms with van der Waals surface area (Å²) in [5, 5.41) is 19.9. The lowest BCUT2D eigenvalue weighted by atomic mass is 10.2. The number of nitrogens with zero attached hydrogens (tertiary/aromatic N) is 4. The lowest BCUT2D eigenvalue weighted by molar-refractivity contribution is 0.609. The zero-order chi connectivity index (χ0) is 12.1. The second-order valence-corrected chi connectivity index (χ2v) is 3.81. The summed E-state index contributed by atoms with van der Waals surface area (Å²) in [6.07, 6.45) is 3.44. The van der Waals surface area contributed by atoms with Crippen LogP contribution in [0.15, 0.2) is 30.6 Å². The Morgan fingerprint density at radius 3 is 3.00 bits per heavy atom. The normalized spacial score (nSPS) is 9.88. The fourth-order valence-electron chi connectivity index (χ4n) is 1.38. The third-order valence-electron chi connectivity index (χ3n) is 2.23. The molecule has 2 rings (SSSR count). The summed E-state index contributed by atoms with van der Waals surface area (Å²) in [7, 11) is 0. The predicted octanol–water partition coefficient (Wildman–Crippen LogP) is 1.92. The Balaban J connectivity index is 1.91. The highest BCUT2D eigenvalue weighted by Crippen LogP contribution is 2.19. The van der Waals surface area contributed by atoms with Crippen molar-refractivity contribution in [2.75, 3.05) is 11.9 Å². The monoisotopic (exact) mass is 247 g/mol. The van der Waals surface area contributed by atoms with E-state index in [1.807, 2.05) is 12.1 Å². The molecule has 0 radical (unpaired) electrons. The van der Waals surface area contributed by atoms with Crippen LogP contribution in [-0.4, -0.2) is 21.5 Å². The maximum absolute atomic E-state index is 8.74. The molecular weight excluding hydrogens is 238 g/mol. The molecule has 2 aromatic rings. The lowest BCUT2D eigenvalue weighted by Gasteiger charge is -2.06. The topological polar surface area (TPSA) is 66.5 Å². The number of benzene rings is 1. The number of nitriles is 1. The first-order chi connectivity index (χ1) is 8.29. The van der Waals surface area contributed by atoms with Crippen molar-refractivity contribution in [2.24, 2.45) is 0 Å². The van der Waals surface area contributed by atoms with Crippen molar-refractivity contribution in [3.05, 3.63) is 41.2 Å². The van der Waals surface area contributed by atoms with Gasteiger partial charge in [0.05, 0.1) is 23.3 Å². The van der Waals surface area contributed by atoms with Crippen molar-refractivity contribution >= 4 is 17.3 Å². The van der Waals surface area contributed by atoms with E-state index in [-0.39, 0.29) is 0 Å². The van der Waals surface area contributed by atoms with Gasteiger partial charge < -0.3 is 5.32 Å². The molecule has 0 aliphatic rings. The van der Waals surface area contributed by atoms with Crippen LogP contribution in [0.2, 0.25) is 5.02 Å². The molecule has 0 spiro atoms. The van der Waals surface area contributed by atoms with Crippen molar-refractivity contribution in [3.63, 3.8) is 0 Å². The van der Waals surface area contributed by atoms with Crippen LogP contribution in [0, 0.1) is 11.3 Å². The molecular formula is C11H10ClN5. The Hall–Kier alpha value is -2.06. The van der Waals surface area contributed by atoms with E-state index in [0.717, 1.165) is 12.2 Å². The quantitative estimate of drug-likeness (QED) is 0.896. The van der Waals surface area contributed by atoms with Crippen LogP contribution in [-0.2, 0) is 6.54 Å². The second kappa shape index (κ2) is 5.32. The van der Waals surface area contributed by atoms with Crippen molar-refractivity contribution in [1.29, 1.82) is 5.26 Å². The maximum Gasteiger partial charge on any atom is 0.101 e. The summed E-state index contributed by atoms with van der Waals surface area (Å²) in [4.78, 5) is 0. The first kappa shape index (κ1) is 11.4. The minimum absolute atomic E-state index is 0.457. The van der Waals surface area contributed by atoms with Gasteiger partial charge in [0.2, 0.25) is 0 Å². The largest absolute Gasteiger partial charge is 0.383 e. The number of rotatable bonds is 4. The van der Waals surface area contributed by atoms with Gasteiger partial charge in [0.1, 0.15) is 6.07 Å². The van der Waals surface area contributed by atoms with E-state index in [9.17, 15) is 0 Å². The van der Waals surface area contributed by atoms with Crippen LogP contribution in [0.4, 0.5) is 5.69 Å². The van der Waals surface area contributed by atoms with E-state index in [4.69, 9.17) is 16.9 Å². The van der Waals surface area contributed by atoms with Crippen LogP contribution >= 0.6 is 11.6 Å². The number of hydrogen-bond donors (Lipinski definition) is 1. The smallest absolute Gasteiger partial charge is 0.101 e. The highest BCUT2D eigenvalue weighted by atomic mass is 35.5. The van der Waals surface area contributed by atoms with Gasteiger partial charge in [-0.15, -0.1) is 5.10 Å². The van der Waals surface area contributed by atoms with E-state index in [1.165, 1.54) is 0 Å². The van der Waals surface area contributed by atoms with Crippen LogP contribution in [0.25, 0.3) is 0 Å². The number of aromatic nitrogens is 3. The SMILES string of the molecule is N#Cc1ccc(NCCn2ccnn2)cc1Cl. The average Bonchev–Trinajstić information content (AvgIpc) is 2.82. The minimum Gasteiger partial charge on any atom is -0.383 e. The van der Waals surface area contributed by atoms with E-state index < -0.39 is 0 Å². The highest BCUT2D eigenvalue weighted by Gasteiger charge is 2.00. The molecule has 5 nitrogen and oxygen atoms in total. The van der Waals surface area contributed by atoms with Crippen molar-refractivity contribution in [3.8, 4) is 6.07 Å². The van der Waals surface area contributed by atoms with E-state index in [1.54, 1.807) is 29.2 Å². The number of hydrogen-bond acceptors (Lipinski definition) is 4. The average molecular weight is 248 g/mol. The van der Waals surface area contributed by atoms with Gasteiger partial charge in [-0.25, -0.2) is 0 Å². The summed E-state index contributed by atoms with van der Waals surface area (Å²) in [5.74, 6) is 0. The molecule has 0 saturated heterocycles. The lowest BCUT2D eigenvalue weighted by Crippen LogP contribution is -2.11. The molecule has 17 heavy (non-hydrogen) atoms. The molecule has 0 amide bonds. The molecule has 0 atom stereocenters. The van der Waals surface area contributed by atoms with Crippen LogP contribution in [0.3, 0.4) is 0 Å². The predicted molar refractivity (Wildman–Crippen MR) is 64.7 cm³/mol. The first-order valence-electron chi connectivity index (χ1n) is 5.07. The van der Waals surface area contributed by atoms with Gasteiger partial charge >= 0.3 is 0 Å². The number of nitrogens with one attached hydrogen (secondary N) is 1. The molecule has 6 heteroatoms. The molecule has 1 heterocycles. The van der Waals surface area contributed by atoms with Crippen molar-refractivity contribution < 1.29 is 0 Å². The zero-order valence-corrected chi connectivity index (χ0v) is 9.72. The molecule has 1 aromatic carbocycles. The number of halogens is 1. The zero-order valence-electron chi connectivity index (χ0n) is 8.97. The van der Waals surface area contributed by atoms with Gasteiger partial charge in [0.25, 0.3) is 0 Å². The summed E-state index contributed by atoms with van der Waals surface area (Å²) in [5.41, 5.74) is 1.36. The van der Waals surface area contributed by atoms with Gasteiger partial charge in [-0.1, -0.05) is 16.8 Å². The summed E-state index contributed by atoms with van der Waals surface area (Å²) in [6, 6.07) is 7.28. The fourth-order valence-corrected chi connectivity index (χ4v) is 1.61. The fraction of sp³-hybridized carbons (Fsp3) is 0.182. The summed E-state index contributed by atoms with van der Waals surface area (Å²) >= 11 is 5.92. The first-order valence-corrected chi connectivity index (χ1v) is 5.45. The second-order valence-electron chi connectivity index (χ2n) is 3.40. The van der Waals surface area contributed by atoms with Crippen LogP contribution in [0.1, 0.15) is 5.56 Å². The maximum atomic E-state index is 8.74. The van der Waals surface area contributed by atoms with Crippen molar-refractivity contribution in [2.45, 2.75) is 6.54 Å². The minimum atomic E-state index is 0.457. The van der Waals surface area contributed by atoms with Crippen LogP contribution in [0.5, 0.6) is 0 Å². The van der Waals surface area contributed by atoms with E-state index >= 15 is 0 Å². The summed E-state index contributed by atoms with van der Waals surface area (Å²) < 4.78 is 1.73. The molecule has 0 saturated carbocycles. The van der Waals surface area contributed by atoms with Gasteiger partial charge in [0, 0.05) is 18.4 Å². The highest BCUT2D eigenvalue weighted by molar-refractivity contribution is 6.32. The molecule has 0 bridgehead atoms. The molecule has 0 fully saturated rings. The van der Waals surface area contributed by atoms with Gasteiger partial charge in [-0.05, 0) is 18.2 Å². The molecule has 0 aliphatic carbocycles. The third-order valence-corrected chi connectivity index (χ3v) is 2.54. The Morgan fingerprint density at radius 2 is 2.35 bits per heavy atom. The van der Waals surface area contributed by atoms with E-state index in [0.29, 0.717) is 17.1 Å². The Bertz CT molecular complexity index is 529. The molecule has 0 unspecified atom stereocenters. The molecule has 1 N–H and O–H groups in total. The van der Waals surface area contributed by atoms with E-state index in [2.05, 4.69) is 15.6 Å². The number of anilines is 1. The van der Waals surface area contributed by atoms with Gasteiger partial charge in [0.15, 0.2) is 0 Å². The summed E-state index contributed by atoms with van der Waals surface area (Å²) in [6.45, 7) is 1.43. The third kappa shape index (κ3) is 2.95. The Labute approximate surface area is 104 Å². The van der Waals surface area contributed by atoms with Crippen LogP contribution < -0.4 is 5.32 Å². The van der Waals surface area contributed by atoms with Gasteiger partial charge in [-0.2, -0.15) is 5.26 Å². The van der Waals surface area contributed by atoms with Gasteiger partial charge in [-0.3, -0.25) is 4.68 Å². The standard InChI is InChI=1S/C11H10ClN5/c12-11-7-10(2-1-9(11)8-13)14-3-5-17-6-4-15-16-17/h1-2,4,6-7,14H,3,5H2. The Kier molecular flexibility index (Phi) is 3.58. The molecule has 86 valence electrons. The molecule has 0 aliphatic heterocycles.